The maximum absolute atomic E-state index is 11.8. The molecule has 21 heavy (non-hydrogen) atoms. The summed E-state index contributed by atoms with van der Waals surface area (Å²) in [5.41, 5.74) is 0.900. The Bertz CT molecular complexity index is 573. The molecule has 2 N–H and O–H groups in total. The summed E-state index contributed by atoms with van der Waals surface area (Å²) in [5.74, 6) is 0. The van der Waals surface area contributed by atoms with Crippen LogP contribution in [0.2, 0.25) is 5.02 Å². The van der Waals surface area contributed by atoms with Crippen LogP contribution in [0.1, 0.15) is 24.9 Å². The van der Waals surface area contributed by atoms with Crippen LogP contribution < -0.4 is 10.6 Å². The van der Waals surface area contributed by atoms with Gasteiger partial charge in [0.2, 0.25) is 0 Å². The SMILES string of the molecule is C[C@H](NC(=O)NCCCn1cncn1)c1ccccc1Cl. The van der Waals surface area contributed by atoms with Gasteiger partial charge in [-0.05, 0) is 25.0 Å². The molecule has 0 fully saturated rings. The molecule has 2 amide bonds. The normalized spacial score (nSPS) is 11.9. The Kier molecular flexibility index (Phi) is 5.57. The van der Waals surface area contributed by atoms with Crippen molar-refractivity contribution in [1.29, 1.82) is 0 Å². The van der Waals surface area contributed by atoms with Crippen molar-refractivity contribution in [1.82, 2.24) is 25.4 Å². The van der Waals surface area contributed by atoms with E-state index in [1.807, 2.05) is 31.2 Å². The minimum absolute atomic E-state index is 0.144. The van der Waals surface area contributed by atoms with Gasteiger partial charge in [-0.2, -0.15) is 5.10 Å². The van der Waals surface area contributed by atoms with Crippen molar-refractivity contribution in [2.24, 2.45) is 0 Å². The van der Waals surface area contributed by atoms with Crippen LogP contribution in [0.25, 0.3) is 0 Å². The molecule has 112 valence electrons. The minimum Gasteiger partial charge on any atom is -0.338 e. The summed E-state index contributed by atoms with van der Waals surface area (Å²) in [5, 5.41) is 10.3. The van der Waals surface area contributed by atoms with E-state index in [0.717, 1.165) is 18.5 Å². The molecule has 0 spiro atoms. The van der Waals surface area contributed by atoms with Crippen LogP contribution in [0, 0.1) is 0 Å². The lowest BCUT2D eigenvalue weighted by Crippen LogP contribution is -2.37. The lowest BCUT2D eigenvalue weighted by Gasteiger charge is -2.16. The maximum Gasteiger partial charge on any atom is 0.315 e. The van der Waals surface area contributed by atoms with Gasteiger partial charge >= 0.3 is 6.03 Å². The first-order valence-electron chi connectivity index (χ1n) is 6.78. The molecular formula is C14H18ClN5O. The molecule has 6 nitrogen and oxygen atoms in total. The fraction of sp³-hybridized carbons (Fsp3) is 0.357. The van der Waals surface area contributed by atoms with Crippen molar-refractivity contribution in [3.63, 3.8) is 0 Å². The summed E-state index contributed by atoms with van der Waals surface area (Å²) >= 11 is 6.10. The number of aromatic nitrogens is 3. The van der Waals surface area contributed by atoms with E-state index >= 15 is 0 Å². The molecule has 1 heterocycles. The Balaban J connectivity index is 1.70. The summed E-state index contributed by atoms with van der Waals surface area (Å²) in [6.45, 7) is 3.19. The van der Waals surface area contributed by atoms with Gasteiger partial charge in [-0.3, -0.25) is 4.68 Å². The Labute approximate surface area is 128 Å². The third-order valence-electron chi connectivity index (χ3n) is 3.04. The van der Waals surface area contributed by atoms with Crippen molar-refractivity contribution in [3.8, 4) is 0 Å². The number of urea groups is 1. The first-order chi connectivity index (χ1) is 10.2. The number of rotatable bonds is 6. The zero-order chi connectivity index (χ0) is 15.1. The van der Waals surface area contributed by atoms with Gasteiger partial charge in [0.25, 0.3) is 0 Å². The van der Waals surface area contributed by atoms with E-state index in [0.29, 0.717) is 11.6 Å². The monoisotopic (exact) mass is 307 g/mol. The average Bonchev–Trinajstić information content (AvgIpc) is 2.97. The average molecular weight is 308 g/mol. The number of nitrogens with zero attached hydrogens (tertiary/aromatic N) is 3. The van der Waals surface area contributed by atoms with E-state index in [1.54, 1.807) is 11.0 Å². The van der Waals surface area contributed by atoms with Gasteiger partial charge in [-0.15, -0.1) is 0 Å². The molecule has 2 rings (SSSR count). The van der Waals surface area contributed by atoms with Crippen LogP contribution in [0.15, 0.2) is 36.9 Å². The van der Waals surface area contributed by atoms with E-state index in [4.69, 9.17) is 11.6 Å². The van der Waals surface area contributed by atoms with E-state index in [-0.39, 0.29) is 12.1 Å². The van der Waals surface area contributed by atoms with Crippen LogP contribution in [-0.2, 0) is 6.54 Å². The molecular weight excluding hydrogens is 290 g/mol. The molecule has 2 aromatic rings. The lowest BCUT2D eigenvalue weighted by atomic mass is 10.1. The molecule has 0 saturated carbocycles. The number of benzene rings is 1. The summed E-state index contributed by atoms with van der Waals surface area (Å²) in [6.07, 6.45) is 3.93. The minimum atomic E-state index is -0.207. The number of amides is 2. The number of hydrogen-bond acceptors (Lipinski definition) is 3. The largest absolute Gasteiger partial charge is 0.338 e. The summed E-state index contributed by atoms with van der Waals surface area (Å²) in [6, 6.07) is 7.12. The van der Waals surface area contributed by atoms with E-state index in [1.165, 1.54) is 6.33 Å². The van der Waals surface area contributed by atoms with Gasteiger partial charge in [0.15, 0.2) is 0 Å². The Morgan fingerprint density at radius 1 is 1.43 bits per heavy atom. The van der Waals surface area contributed by atoms with Crippen LogP contribution in [0.5, 0.6) is 0 Å². The Morgan fingerprint density at radius 2 is 2.24 bits per heavy atom. The van der Waals surface area contributed by atoms with Crippen LogP contribution in [-0.4, -0.2) is 27.3 Å². The van der Waals surface area contributed by atoms with Gasteiger partial charge in [-0.25, -0.2) is 9.78 Å². The molecule has 7 heteroatoms. The molecule has 0 bridgehead atoms. The maximum atomic E-state index is 11.8. The van der Waals surface area contributed by atoms with E-state index in [2.05, 4.69) is 20.7 Å². The molecule has 1 atom stereocenters. The van der Waals surface area contributed by atoms with Gasteiger partial charge in [-0.1, -0.05) is 29.8 Å². The second kappa shape index (κ2) is 7.64. The Morgan fingerprint density at radius 3 is 2.95 bits per heavy atom. The first-order valence-corrected chi connectivity index (χ1v) is 7.16. The molecule has 0 saturated heterocycles. The Hall–Kier alpha value is -2.08. The smallest absolute Gasteiger partial charge is 0.315 e. The number of carbonyl (C=O) groups is 1. The first kappa shape index (κ1) is 15.3. The second-order valence-corrected chi connectivity index (χ2v) is 5.06. The van der Waals surface area contributed by atoms with Crippen molar-refractivity contribution in [2.45, 2.75) is 25.9 Å². The van der Waals surface area contributed by atoms with Gasteiger partial charge in [0.05, 0.1) is 6.04 Å². The lowest BCUT2D eigenvalue weighted by molar-refractivity contribution is 0.237. The highest BCUT2D eigenvalue weighted by Crippen LogP contribution is 2.21. The van der Waals surface area contributed by atoms with Crippen LogP contribution in [0.4, 0.5) is 4.79 Å². The molecule has 0 aliphatic heterocycles. The summed E-state index contributed by atoms with van der Waals surface area (Å²) in [7, 11) is 0. The highest BCUT2D eigenvalue weighted by molar-refractivity contribution is 6.31. The zero-order valence-corrected chi connectivity index (χ0v) is 12.5. The zero-order valence-electron chi connectivity index (χ0n) is 11.8. The highest BCUT2D eigenvalue weighted by Gasteiger charge is 2.11. The second-order valence-electron chi connectivity index (χ2n) is 4.66. The summed E-state index contributed by atoms with van der Waals surface area (Å²) < 4.78 is 1.73. The number of aryl methyl sites for hydroxylation is 1. The topological polar surface area (TPSA) is 71.8 Å². The number of carbonyl (C=O) groups excluding carboxylic acids is 1. The third kappa shape index (κ3) is 4.75. The van der Waals surface area contributed by atoms with Gasteiger partial charge in [0, 0.05) is 18.1 Å². The van der Waals surface area contributed by atoms with Crippen molar-refractivity contribution in [2.75, 3.05) is 6.54 Å². The standard InChI is InChI=1S/C14H18ClN5O/c1-11(12-5-2-3-6-13(12)15)19-14(21)17-7-4-8-20-10-16-9-18-20/h2-3,5-6,9-11H,4,7-8H2,1H3,(H2,17,19,21)/t11-/m0/s1. The van der Waals surface area contributed by atoms with E-state index in [9.17, 15) is 4.79 Å². The van der Waals surface area contributed by atoms with Crippen molar-refractivity contribution >= 4 is 17.6 Å². The predicted octanol–water partition coefficient (Wildman–Crippen LogP) is 2.38. The molecule has 0 radical (unpaired) electrons. The van der Waals surface area contributed by atoms with Crippen molar-refractivity contribution in [3.05, 3.63) is 47.5 Å². The van der Waals surface area contributed by atoms with E-state index < -0.39 is 0 Å². The van der Waals surface area contributed by atoms with Gasteiger partial charge < -0.3 is 10.6 Å². The highest BCUT2D eigenvalue weighted by atomic mass is 35.5. The quantitative estimate of drug-likeness (QED) is 0.805. The summed E-state index contributed by atoms with van der Waals surface area (Å²) in [4.78, 5) is 15.7. The predicted molar refractivity (Wildman–Crippen MR) is 81.0 cm³/mol. The fourth-order valence-electron chi connectivity index (χ4n) is 1.94. The molecule has 0 aliphatic carbocycles. The molecule has 1 aromatic carbocycles. The van der Waals surface area contributed by atoms with Crippen LogP contribution in [0.3, 0.4) is 0 Å². The molecule has 0 aliphatic rings. The van der Waals surface area contributed by atoms with Gasteiger partial charge in [0.1, 0.15) is 12.7 Å². The fourth-order valence-corrected chi connectivity index (χ4v) is 2.24. The third-order valence-corrected chi connectivity index (χ3v) is 3.38. The molecule has 1 aromatic heterocycles. The van der Waals surface area contributed by atoms with Crippen LogP contribution >= 0.6 is 11.6 Å². The number of hydrogen-bond donors (Lipinski definition) is 2. The van der Waals surface area contributed by atoms with Crippen molar-refractivity contribution < 1.29 is 4.79 Å². The number of halogens is 1. The molecule has 0 unspecified atom stereocenters. The number of nitrogens with one attached hydrogen (secondary N) is 2.